The molecular formula is C15H18ClNO3. The first kappa shape index (κ1) is 13.9. The molecule has 1 heterocycles. The predicted octanol–water partition coefficient (Wildman–Crippen LogP) is 2.41. The number of halogens is 1. The molecule has 1 saturated heterocycles. The van der Waals surface area contributed by atoms with Gasteiger partial charge in [-0.1, -0.05) is 23.7 Å². The van der Waals surface area contributed by atoms with Crippen molar-refractivity contribution in [1.82, 2.24) is 5.32 Å². The van der Waals surface area contributed by atoms with Crippen LogP contribution in [0.5, 0.6) is 0 Å². The molecule has 1 aromatic carbocycles. The summed E-state index contributed by atoms with van der Waals surface area (Å²) in [6, 6.07) is 7.23. The number of carbonyl (C=O) groups is 1. The molecule has 1 amide bonds. The summed E-state index contributed by atoms with van der Waals surface area (Å²) in [5.41, 5.74) is 0.525. The van der Waals surface area contributed by atoms with Gasteiger partial charge >= 0.3 is 0 Å². The van der Waals surface area contributed by atoms with Crippen LogP contribution in [0.15, 0.2) is 24.3 Å². The van der Waals surface area contributed by atoms with Crippen molar-refractivity contribution in [3.8, 4) is 0 Å². The fraction of sp³-hybridized carbons (Fsp3) is 0.533. The van der Waals surface area contributed by atoms with E-state index in [9.17, 15) is 4.79 Å². The molecule has 1 aliphatic heterocycles. The standard InChI is InChI=1S/C15H18ClNO3/c16-12-4-2-1-3-11(12)15(18)17-10-5-6-13-14(9-10)20-8-7-19-13/h1-4,10,13-14H,5-9H2,(H,17,18)/t10-,13-,14+/m1/s1. The van der Waals surface area contributed by atoms with Crippen LogP contribution >= 0.6 is 11.6 Å². The van der Waals surface area contributed by atoms with Crippen LogP contribution in [0.1, 0.15) is 29.6 Å². The van der Waals surface area contributed by atoms with Gasteiger partial charge in [0.15, 0.2) is 0 Å². The van der Waals surface area contributed by atoms with Crippen molar-refractivity contribution in [3.63, 3.8) is 0 Å². The van der Waals surface area contributed by atoms with Gasteiger partial charge in [0.05, 0.1) is 36.0 Å². The normalized spacial score (nSPS) is 29.6. The topological polar surface area (TPSA) is 47.6 Å². The highest BCUT2D eigenvalue weighted by Crippen LogP contribution is 2.27. The number of benzene rings is 1. The summed E-state index contributed by atoms with van der Waals surface area (Å²) in [5, 5.41) is 3.53. The van der Waals surface area contributed by atoms with E-state index in [1.54, 1.807) is 12.1 Å². The Bertz CT molecular complexity index is 494. The molecule has 1 saturated carbocycles. The first-order valence-electron chi connectivity index (χ1n) is 7.02. The van der Waals surface area contributed by atoms with Crippen molar-refractivity contribution in [2.75, 3.05) is 13.2 Å². The first-order chi connectivity index (χ1) is 9.74. The summed E-state index contributed by atoms with van der Waals surface area (Å²) in [6.45, 7) is 1.32. The van der Waals surface area contributed by atoms with Crippen LogP contribution in [0.2, 0.25) is 5.02 Å². The molecule has 108 valence electrons. The van der Waals surface area contributed by atoms with Crippen LogP contribution in [-0.4, -0.2) is 37.4 Å². The minimum atomic E-state index is -0.115. The number of rotatable bonds is 2. The zero-order valence-electron chi connectivity index (χ0n) is 11.2. The van der Waals surface area contributed by atoms with Gasteiger partial charge in [0.1, 0.15) is 0 Å². The molecule has 0 bridgehead atoms. The van der Waals surface area contributed by atoms with E-state index in [1.807, 2.05) is 12.1 Å². The second kappa shape index (κ2) is 6.12. The molecule has 0 radical (unpaired) electrons. The lowest BCUT2D eigenvalue weighted by Gasteiger charge is -2.39. The van der Waals surface area contributed by atoms with E-state index in [-0.39, 0.29) is 24.2 Å². The first-order valence-corrected chi connectivity index (χ1v) is 7.40. The molecule has 1 aliphatic carbocycles. The number of hydrogen-bond acceptors (Lipinski definition) is 3. The molecule has 2 fully saturated rings. The number of nitrogens with one attached hydrogen (secondary N) is 1. The van der Waals surface area contributed by atoms with E-state index < -0.39 is 0 Å². The Morgan fingerprint density at radius 3 is 2.70 bits per heavy atom. The third-order valence-corrected chi connectivity index (χ3v) is 4.26. The molecule has 1 N–H and O–H groups in total. The van der Waals surface area contributed by atoms with Gasteiger partial charge < -0.3 is 14.8 Å². The second-order valence-electron chi connectivity index (χ2n) is 5.28. The fourth-order valence-electron chi connectivity index (χ4n) is 2.91. The summed E-state index contributed by atoms with van der Waals surface area (Å²) < 4.78 is 11.4. The SMILES string of the molecule is O=C(N[C@@H]1CC[C@H]2OCCO[C@H]2C1)c1ccccc1Cl. The largest absolute Gasteiger partial charge is 0.373 e. The fourth-order valence-corrected chi connectivity index (χ4v) is 3.13. The molecule has 1 aromatic rings. The van der Waals surface area contributed by atoms with Crippen molar-refractivity contribution in [2.45, 2.75) is 37.5 Å². The average Bonchev–Trinajstić information content (AvgIpc) is 2.47. The monoisotopic (exact) mass is 295 g/mol. The summed E-state index contributed by atoms with van der Waals surface area (Å²) in [7, 11) is 0. The van der Waals surface area contributed by atoms with E-state index in [0.29, 0.717) is 23.8 Å². The van der Waals surface area contributed by atoms with Crippen LogP contribution in [-0.2, 0) is 9.47 Å². The van der Waals surface area contributed by atoms with Gasteiger partial charge in [-0.25, -0.2) is 0 Å². The second-order valence-corrected chi connectivity index (χ2v) is 5.69. The lowest BCUT2D eigenvalue weighted by atomic mass is 9.89. The summed E-state index contributed by atoms with van der Waals surface area (Å²) >= 11 is 6.04. The van der Waals surface area contributed by atoms with Gasteiger partial charge in [-0.15, -0.1) is 0 Å². The van der Waals surface area contributed by atoms with Crippen LogP contribution in [0.25, 0.3) is 0 Å². The Hall–Kier alpha value is -1.10. The third-order valence-electron chi connectivity index (χ3n) is 3.93. The average molecular weight is 296 g/mol. The number of hydrogen-bond donors (Lipinski definition) is 1. The summed E-state index contributed by atoms with van der Waals surface area (Å²) in [6.07, 6.45) is 2.95. The molecule has 20 heavy (non-hydrogen) atoms. The molecule has 3 rings (SSSR count). The van der Waals surface area contributed by atoms with Crippen LogP contribution in [0.3, 0.4) is 0 Å². The third kappa shape index (κ3) is 2.97. The predicted molar refractivity (Wildman–Crippen MR) is 76.0 cm³/mol. The molecule has 0 spiro atoms. The van der Waals surface area contributed by atoms with Crippen LogP contribution < -0.4 is 5.32 Å². The lowest BCUT2D eigenvalue weighted by Crippen LogP contribution is -2.49. The Morgan fingerprint density at radius 2 is 1.90 bits per heavy atom. The highest BCUT2D eigenvalue weighted by molar-refractivity contribution is 6.33. The number of fused-ring (bicyclic) bond motifs is 1. The Balaban J connectivity index is 1.61. The molecule has 0 unspecified atom stereocenters. The van der Waals surface area contributed by atoms with E-state index in [4.69, 9.17) is 21.1 Å². The van der Waals surface area contributed by atoms with Crippen molar-refractivity contribution < 1.29 is 14.3 Å². The van der Waals surface area contributed by atoms with E-state index >= 15 is 0 Å². The minimum Gasteiger partial charge on any atom is -0.373 e. The Labute approximate surface area is 123 Å². The van der Waals surface area contributed by atoms with Gasteiger partial charge in [0.25, 0.3) is 5.91 Å². The molecular weight excluding hydrogens is 278 g/mol. The highest BCUT2D eigenvalue weighted by atomic mass is 35.5. The number of carbonyl (C=O) groups excluding carboxylic acids is 1. The van der Waals surface area contributed by atoms with E-state index in [0.717, 1.165) is 19.3 Å². The number of amides is 1. The highest BCUT2D eigenvalue weighted by Gasteiger charge is 2.34. The van der Waals surface area contributed by atoms with E-state index in [1.165, 1.54) is 0 Å². The van der Waals surface area contributed by atoms with E-state index in [2.05, 4.69) is 5.32 Å². The maximum Gasteiger partial charge on any atom is 0.253 e. The van der Waals surface area contributed by atoms with Gasteiger partial charge in [0, 0.05) is 6.04 Å². The quantitative estimate of drug-likeness (QED) is 0.911. The molecule has 5 heteroatoms. The molecule has 2 aliphatic rings. The Morgan fingerprint density at radius 1 is 1.15 bits per heavy atom. The lowest BCUT2D eigenvalue weighted by molar-refractivity contribution is -0.157. The minimum absolute atomic E-state index is 0.106. The maximum absolute atomic E-state index is 12.2. The van der Waals surface area contributed by atoms with Gasteiger partial charge in [-0.2, -0.15) is 0 Å². The van der Waals surface area contributed by atoms with Crippen LogP contribution in [0.4, 0.5) is 0 Å². The summed E-state index contributed by atoms with van der Waals surface area (Å²) in [4.78, 5) is 12.2. The molecule has 4 nitrogen and oxygen atoms in total. The number of ether oxygens (including phenoxy) is 2. The zero-order valence-corrected chi connectivity index (χ0v) is 11.9. The van der Waals surface area contributed by atoms with Crippen molar-refractivity contribution in [1.29, 1.82) is 0 Å². The smallest absolute Gasteiger partial charge is 0.253 e. The zero-order chi connectivity index (χ0) is 13.9. The van der Waals surface area contributed by atoms with Crippen molar-refractivity contribution in [3.05, 3.63) is 34.9 Å². The Kier molecular flexibility index (Phi) is 4.24. The molecule has 3 atom stereocenters. The van der Waals surface area contributed by atoms with Crippen LogP contribution in [0, 0.1) is 0 Å². The summed E-state index contributed by atoms with van der Waals surface area (Å²) in [5.74, 6) is -0.115. The van der Waals surface area contributed by atoms with Gasteiger partial charge in [-0.05, 0) is 31.4 Å². The molecule has 0 aromatic heterocycles. The van der Waals surface area contributed by atoms with Gasteiger partial charge in [-0.3, -0.25) is 4.79 Å². The van der Waals surface area contributed by atoms with Gasteiger partial charge in [0.2, 0.25) is 0 Å². The van der Waals surface area contributed by atoms with Crippen molar-refractivity contribution in [2.24, 2.45) is 0 Å². The van der Waals surface area contributed by atoms with Crippen molar-refractivity contribution >= 4 is 17.5 Å². The maximum atomic E-state index is 12.2.